The van der Waals surface area contributed by atoms with E-state index >= 15 is 0 Å². The number of likely N-dealkylation sites (tertiary alicyclic amines) is 1. The molecule has 1 atom stereocenters. The van der Waals surface area contributed by atoms with Gasteiger partial charge in [-0.05, 0) is 69.3 Å². The number of nitrogens with zero attached hydrogens (tertiary/aromatic N) is 1. The van der Waals surface area contributed by atoms with Crippen LogP contribution >= 0.6 is 15.9 Å². The molecule has 1 saturated heterocycles. The van der Waals surface area contributed by atoms with Crippen molar-refractivity contribution in [2.75, 3.05) is 26.7 Å². The molecular weight excluding hydrogens is 312 g/mol. The van der Waals surface area contributed by atoms with Crippen molar-refractivity contribution in [3.8, 4) is 0 Å². The van der Waals surface area contributed by atoms with Gasteiger partial charge in [-0.3, -0.25) is 0 Å². The predicted molar refractivity (Wildman–Crippen MR) is 88.1 cm³/mol. The van der Waals surface area contributed by atoms with Gasteiger partial charge in [0, 0.05) is 17.1 Å². The fourth-order valence-corrected chi connectivity index (χ4v) is 4.23. The molecule has 1 aromatic rings. The zero-order valence-electron chi connectivity index (χ0n) is 12.3. The van der Waals surface area contributed by atoms with Crippen molar-refractivity contribution in [3.63, 3.8) is 0 Å². The van der Waals surface area contributed by atoms with E-state index in [0.717, 1.165) is 17.9 Å². The largest absolute Gasteiger partial charge is 0.314 e. The molecule has 3 heteroatoms. The van der Waals surface area contributed by atoms with Gasteiger partial charge in [-0.15, -0.1) is 0 Å². The number of piperidine rings is 1. The fourth-order valence-electron chi connectivity index (χ4n) is 3.62. The van der Waals surface area contributed by atoms with E-state index in [2.05, 4.69) is 57.5 Å². The highest BCUT2D eigenvalue weighted by molar-refractivity contribution is 9.10. The maximum absolute atomic E-state index is 3.79. The van der Waals surface area contributed by atoms with Crippen LogP contribution in [0.15, 0.2) is 28.7 Å². The smallest absolute Gasteiger partial charge is 0.0210 e. The molecule has 1 heterocycles. The molecule has 2 aliphatic rings. The number of rotatable bonds is 4. The minimum absolute atomic E-state index is 0.735. The van der Waals surface area contributed by atoms with Crippen LogP contribution in [0.3, 0.4) is 0 Å². The van der Waals surface area contributed by atoms with Gasteiger partial charge in [0.2, 0.25) is 0 Å². The van der Waals surface area contributed by atoms with Gasteiger partial charge in [-0.1, -0.05) is 34.1 Å². The number of halogens is 1. The lowest BCUT2D eigenvalue weighted by atomic mass is 9.75. The molecule has 1 aromatic carbocycles. The maximum atomic E-state index is 3.79. The van der Waals surface area contributed by atoms with E-state index in [4.69, 9.17) is 0 Å². The summed E-state index contributed by atoms with van der Waals surface area (Å²) in [5.74, 6) is 1.60. The first-order valence-electron chi connectivity index (χ1n) is 7.88. The monoisotopic (exact) mass is 336 g/mol. The molecular formula is C17H25BrN2. The summed E-state index contributed by atoms with van der Waals surface area (Å²) in [5.41, 5.74) is 1.49. The molecule has 1 unspecified atom stereocenters. The molecule has 0 radical (unpaired) electrons. The highest BCUT2D eigenvalue weighted by Crippen LogP contribution is 2.40. The molecule has 0 aromatic heterocycles. The van der Waals surface area contributed by atoms with Gasteiger partial charge in [0.15, 0.2) is 0 Å². The van der Waals surface area contributed by atoms with Crippen LogP contribution in [0, 0.1) is 5.92 Å². The molecule has 0 bridgehead atoms. The highest BCUT2D eigenvalue weighted by atomic mass is 79.9. The van der Waals surface area contributed by atoms with Gasteiger partial charge in [-0.2, -0.15) is 0 Å². The molecule has 1 N–H and O–H groups in total. The van der Waals surface area contributed by atoms with Crippen LogP contribution in [0.4, 0.5) is 0 Å². The third-order valence-corrected chi connectivity index (χ3v) is 5.62. The van der Waals surface area contributed by atoms with E-state index in [0.29, 0.717) is 0 Å². The molecule has 1 saturated carbocycles. The van der Waals surface area contributed by atoms with Crippen molar-refractivity contribution in [2.24, 2.45) is 5.92 Å². The lowest BCUT2D eigenvalue weighted by Crippen LogP contribution is -2.45. The molecule has 1 aliphatic heterocycles. The number of hydrogen-bond donors (Lipinski definition) is 1. The summed E-state index contributed by atoms with van der Waals surface area (Å²) in [7, 11) is 2.25. The Bertz CT molecular complexity index is 442. The second-order valence-corrected chi connectivity index (χ2v) is 7.42. The second-order valence-electron chi connectivity index (χ2n) is 6.57. The molecule has 20 heavy (non-hydrogen) atoms. The van der Waals surface area contributed by atoms with E-state index in [1.165, 1.54) is 55.4 Å². The van der Waals surface area contributed by atoms with Gasteiger partial charge < -0.3 is 10.2 Å². The van der Waals surface area contributed by atoms with Crippen molar-refractivity contribution in [1.29, 1.82) is 0 Å². The van der Waals surface area contributed by atoms with Crippen molar-refractivity contribution < 1.29 is 0 Å². The average molecular weight is 337 g/mol. The Kier molecular flexibility index (Phi) is 4.79. The van der Waals surface area contributed by atoms with Crippen LogP contribution in [-0.4, -0.2) is 37.6 Å². The van der Waals surface area contributed by atoms with E-state index in [-0.39, 0.29) is 0 Å². The summed E-state index contributed by atoms with van der Waals surface area (Å²) in [6.07, 6.45) is 5.36. The first kappa shape index (κ1) is 14.6. The van der Waals surface area contributed by atoms with E-state index < -0.39 is 0 Å². The minimum Gasteiger partial charge on any atom is -0.314 e. The Balaban J connectivity index is 1.41. The van der Waals surface area contributed by atoms with Crippen LogP contribution in [0.5, 0.6) is 0 Å². The van der Waals surface area contributed by atoms with Crippen LogP contribution in [0.2, 0.25) is 0 Å². The first-order valence-corrected chi connectivity index (χ1v) is 8.68. The van der Waals surface area contributed by atoms with E-state index in [1.54, 1.807) is 0 Å². The van der Waals surface area contributed by atoms with Crippen molar-refractivity contribution >= 4 is 15.9 Å². The summed E-state index contributed by atoms with van der Waals surface area (Å²) in [6, 6.07) is 9.41. The van der Waals surface area contributed by atoms with E-state index in [9.17, 15) is 0 Å². The Morgan fingerprint density at radius 2 is 2.10 bits per heavy atom. The quantitative estimate of drug-likeness (QED) is 0.903. The average Bonchev–Trinajstić information content (AvgIpc) is 2.39. The normalized spacial score (nSPS) is 31.0. The summed E-state index contributed by atoms with van der Waals surface area (Å²) in [4.78, 5) is 2.47. The third-order valence-electron chi connectivity index (χ3n) is 4.90. The number of benzene rings is 1. The third kappa shape index (κ3) is 3.44. The Morgan fingerprint density at radius 1 is 1.30 bits per heavy atom. The zero-order chi connectivity index (χ0) is 13.9. The summed E-state index contributed by atoms with van der Waals surface area (Å²) in [6.45, 7) is 3.76. The molecule has 0 spiro atoms. The Morgan fingerprint density at radius 3 is 2.85 bits per heavy atom. The molecule has 3 rings (SSSR count). The topological polar surface area (TPSA) is 15.3 Å². The Labute approximate surface area is 131 Å². The molecule has 2 fully saturated rings. The summed E-state index contributed by atoms with van der Waals surface area (Å²) >= 11 is 3.67. The van der Waals surface area contributed by atoms with Gasteiger partial charge in [0.25, 0.3) is 0 Å². The lowest BCUT2D eigenvalue weighted by Gasteiger charge is -2.38. The van der Waals surface area contributed by atoms with Crippen LogP contribution in [0.1, 0.15) is 37.2 Å². The standard InChI is InChI=1S/C17H25BrN2/c1-20-8-4-5-13(12-20)11-19-15-9-14(10-15)16-6-2-3-7-17(16)18/h2-3,6-7,13-15,19H,4-5,8-12H2,1H3. The van der Waals surface area contributed by atoms with Crippen molar-refractivity contribution in [1.82, 2.24) is 10.2 Å². The lowest BCUT2D eigenvalue weighted by molar-refractivity contribution is 0.190. The molecule has 2 nitrogen and oxygen atoms in total. The second kappa shape index (κ2) is 6.59. The summed E-state index contributed by atoms with van der Waals surface area (Å²) in [5, 5.41) is 3.79. The predicted octanol–water partition coefficient (Wildman–Crippen LogP) is 3.63. The maximum Gasteiger partial charge on any atom is 0.0210 e. The van der Waals surface area contributed by atoms with Gasteiger partial charge in [0.05, 0.1) is 0 Å². The highest BCUT2D eigenvalue weighted by Gasteiger charge is 2.31. The molecule has 0 amide bonds. The fraction of sp³-hybridized carbons (Fsp3) is 0.647. The van der Waals surface area contributed by atoms with Crippen molar-refractivity contribution in [2.45, 2.75) is 37.6 Å². The number of hydrogen-bond acceptors (Lipinski definition) is 2. The zero-order valence-corrected chi connectivity index (χ0v) is 13.9. The minimum atomic E-state index is 0.735. The van der Waals surface area contributed by atoms with Gasteiger partial charge >= 0.3 is 0 Å². The van der Waals surface area contributed by atoms with Crippen LogP contribution in [-0.2, 0) is 0 Å². The van der Waals surface area contributed by atoms with E-state index in [1.807, 2.05) is 0 Å². The molecule has 110 valence electrons. The van der Waals surface area contributed by atoms with Gasteiger partial charge in [0.1, 0.15) is 0 Å². The van der Waals surface area contributed by atoms with Crippen LogP contribution < -0.4 is 5.32 Å². The summed E-state index contributed by atoms with van der Waals surface area (Å²) < 4.78 is 1.28. The molecule has 1 aliphatic carbocycles. The number of nitrogens with one attached hydrogen (secondary N) is 1. The Hall–Kier alpha value is -0.380. The SMILES string of the molecule is CN1CCCC(CNC2CC(c3ccccc3Br)C2)C1. The first-order chi connectivity index (χ1) is 9.72. The van der Waals surface area contributed by atoms with Crippen molar-refractivity contribution in [3.05, 3.63) is 34.3 Å². The van der Waals surface area contributed by atoms with Crippen LogP contribution in [0.25, 0.3) is 0 Å². The van der Waals surface area contributed by atoms with Gasteiger partial charge in [-0.25, -0.2) is 0 Å².